The molecular weight excluding hydrogens is 284 g/mol. The van der Waals surface area contributed by atoms with E-state index in [-0.39, 0.29) is 21.8 Å². The van der Waals surface area contributed by atoms with Gasteiger partial charge in [-0.2, -0.15) is 0 Å². The predicted octanol–water partition coefficient (Wildman–Crippen LogP) is 4.93. The zero-order valence-corrected chi connectivity index (χ0v) is 13.7. The highest BCUT2D eigenvalue weighted by Crippen LogP contribution is 2.42. The molecule has 0 heterocycles. The molecule has 0 spiro atoms. The Balaban J connectivity index is 3.84. The first-order valence-electron chi connectivity index (χ1n) is 6.84. The van der Waals surface area contributed by atoms with Gasteiger partial charge in [-0.05, 0) is 16.6 Å². The van der Waals surface area contributed by atoms with Gasteiger partial charge in [-0.3, -0.25) is 0 Å². The fourth-order valence-corrected chi connectivity index (χ4v) is 10.5. The van der Waals surface area contributed by atoms with Crippen molar-refractivity contribution < 1.29 is 17.6 Å². The summed E-state index contributed by atoms with van der Waals surface area (Å²) in [6, 6.07) is 1.47. The normalized spacial score (nSPS) is 12.8. The van der Waals surface area contributed by atoms with Crippen LogP contribution in [0.5, 0.6) is 0 Å². The third-order valence-electron chi connectivity index (χ3n) is 4.34. The molecule has 113 valence electrons. The summed E-state index contributed by atoms with van der Waals surface area (Å²) in [4.78, 5) is 0. The molecule has 0 bridgehead atoms. The van der Waals surface area contributed by atoms with Crippen molar-refractivity contribution >= 4 is 13.3 Å². The number of hydrogen-bond donors (Lipinski definition) is 0. The SMILES string of the molecule is CC(C)[Si](c1c(F)c(F)[c]c(F)c1F)(C(C)C)C(C)C. The molecular formula is C15H21F4Si. The molecule has 0 saturated carbocycles. The van der Waals surface area contributed by atoms with E-state index < -0.39 is 31.3 Å². The van der Waals surface area contributed by atoms with Gasteiger partial charge in [0.2, 0.25) is 0 Å². The quantitative estimate of drug-likeness (QED) is 0.420. The molecule has 0 aromatic heterocycles. The van der Waals surface area contributed by atoms with Crippen LogP contribution in [0.1, 0.15) is 41.5 Å². The standard InChI is InChI=1S/C15H21F4Si/c1-8(2)20(9(3)4,10(5)6)15-13(18)11(16)7-12(17)14(15)19/h8-10H,1-6H3. The van der Waals surface area contributed by atoms with Crippen molar-refractivity contribution in [3.63, 3.8) is 0 Å². The number of benzene rings is 1. The summed E-state index contributed by atoms with van der Waals surface area (Å²) in [6.45, 7) is 11.2. The van der Waals surface area contributed by atoms with Crippen molar-refractivity contribution in [2.24, 2.45) is 0 Å². The molecule has 0 N–H and O–H groups in total. The van der Waals surface area contributed by atoms with Gasteiger partial charge in [0, 0.05) is 5.19 Å². The Hall–Kier alpha value is -0.843. The van der Waals surface area contributed by atoms with Gasteiger partial charge in [0.25, 0.3) is 0 Å². The summed E-state index contributed by atoms with van der Waals surface area (Å²) in [7, 11) is -2.81. The molecule has 0 unspecified atom stereocenters. The van der Waals surface area contributed by atoms with Crippen LogP contribution in [-0.2, 0) is 0 Å². The first kappa shape index (κ1) is 17.2. The monoisotopic (exact) mass is 305 g/mol. The molecule has 1 rings (SSSR count). The van der Waals surface area contributed by atoms with Crippen molar-refractivity contribution in [3.8, 4) is 0 Å². The molecule has 5 heteroatoms. The maximum absolute atomic E-state index is 14.2. The van der Waals surface area contributed by atoms with Crippen molar-refractivity contribution in [1.29, 1.82) is 0 Å². The van der Waals surface area contributed by atoms with Gasteiger partial charge < -0.3 is 0 Å². The lowest BCUT2D eigenvalue weighted by molar-refractivity contribution is 0.458. The molecule has 0 saturated heterocycles. The number of hydrogen-bond acceptors (Lipinski definition) is 0. The molecule has 0 aliphatic rings. The first-order chi connectivity index (χ1) is 9.08. The highest BCUT2D eigenvalue weighted by Gasteiger charge is 2.49. The minimum absolute atomic E-state index is 0.0484. The highest BCUT2D eigenvalue weighted by atomic mass is 28.3. The van der Waals surface area contributed by atoms with Gasteiger partial charge in [0.05, 0.1) is 6.07 Å². The zero-order chi connectivity index (χ0) is 15.8. The molecule has 0 nitrogen and oxygen atoms in total. The molecule has 1 radical (unpaired) electrons. The van der Waals surface area contributed by atoms with Crippen LogP contribution in [-0.4, -0.2) is 8.07 Å². The van der Waals surface area contributed by atoms with E-state index >= 15 is 0 Å². The van der Waals surface area contributed by atoms with Crippen LogP contribution in [0.2, 0.25) is 16.6 Å². The van der Waals surface area contributed by atoms with Crippen LogP contribution in [0.15, 0.2) is 0 Å². The van der Waals surface area contributed by atoms with Gasteiger partial charge in [0.15, 0.2) is 23.3 Å². The van der Waals surface area contributed by atoms with Crippen LogP contribution in [0.25, 0.3) is 0 Å². The minimum atomic E-state index is -2.81. The Bertz CT molecular complexity index is 447. The second-order valence-electron chi connectivity index (χ2n) is 6.15. The average molecular weight is 305 g/mol. The van der Waals surface area contributed by atoms with Gasteiger partial charge in [0.1, 0.15) is 8.07 Å². The van der Waals surface area contributed by atoms with Gasteiger partial charge in [-0.25, -0.2) is 17.6 Å². The molecule has 0 aliphatic heterocycles. The Morgan fingerprint density at radius 2 is 1.00 bits per heavy atom. The summed E-state index contributed by atoms with van der Waals surface area (Å²) in [5.41, 5.74) is -0.145. The Kier molecular flexibility index (Phi) is 5.06. The number of halogens is 4. The Labute approximate surface area is 119 Å². The van der Waals surface area contributed by atoms with Crippen LogP contribution in [0.4, 0.5) is 17.6 Å². The van der Waals surface area contributed by atoms with Crippen LogP contribution in [0, 0.1) is 29.3 Å². The highest BCUT2D eigenvalue weighted by molar-refractivity contribution is 6.95. The maximum Gasteiger partial charge on any atom is 0.169 e. The Morgan fingerprint density at radius 1 is 0.700 bits per heavy atom. The van der Waals surface area contributed by atoms with E-state index in [9.17, 15) is 17.6 Å². The van der Waals surface area contributed by atoms with Crippen molar-refractivity contribution in [2.45, 2.75) is 58.2 Å². The van der Waals surface area contributed by atoms with Gasteiger partial charge in [-0.1, -0.05) is 41.5 Å². The largest absolute Gasteiger partial charge is 0.204 e. The molecule has 0 aliphatic carbocycles. The Morgan fingerprint density at radius 3 is 1.25 bits per heavy atom. The summed E-state index contributed by atoms with van der Waals surface area (Å²) in [5.74, 6) is -5.41. The minimum Gasteiger partial charge on any atom is -0.204 e. The lowest BCUT2D eigenvalue weighted by Crippen LogP contribution is -2.58. The lowest BCUT2D eigenvalue weighted by Gasteiger charge is -2.43. The topological polar surface area (TPSA) is 0 Å². The maximum atomic E-state index is 14.2. The fraction of sp³-hybridized carbons (Fsp3) is 0.600. The second-order valence-corrected chi connectivity index (χ2v) is 12.0. The van der Waals surface area contributed by atoms with Crippen LogP contribution >= 0.6 is 0 Å². The van der Waals surface area contributed by atoms with Crippen molar-refractivity contribution in [2.75, 3.05) is 0 Å². The molecule has 0 amide bonds. The fourth-order valence-electron chi connectivity index (χ4n) is 3.77. The zero-order valence-electron chi connectivity index (χ0n) is 12.7. The van der Waals surface area contributed by atoms with Crippen molar-refractivity contribution in [1.82, 2.24) is 0 Å². The van der Waals surface area contributed by atoms with Gasteiger partial charge in [-0.15, -0.1) is 0 Å². The van der Waals surface area contributed by atoms with E-state index in [1.54, 1.807) is 0 Å². The van der Waals surface area contributed by atoms with Crippen LogP contribution < -0.4 is 5.19 Å². The van der Waals surface area contributed by atoms with Crippen molar-refractivity contribution in [3.05, 3.63) is 29.3 Å². The molecule has 20 heavy (non-hydrogen) atoms. The summed E-state index contributed by atoms with van der Waals surface area (Å²) in [6.07, 6.45) is 0. The summed E-state index contributed by atoms with van der Waals surface area (Å²) < 4.78 is 55.5. The van der Waals surface area contributed by atoms with E-state index in [0.717, 1.165) is 0 Å². The summed E-state index contributed by atoms with van der Waals surface area (Å²) >= 11 is 0. The summed E-state index contributed by atoms with van der Waals surface area (Å²) in [5, 5.41) is -0.355. The second kappa shape index (κ2) is 5.88. The first-order valence-corrected chi connectivity index (χ1v) is 9.07. The van der Waals surface area contributed by atoms with E-state index in [0.29, 0.717) is 0 Å². The number of rotatable bonds is 4. The third-order valence-corrected chi connectivity index (χ3v) is 11.4. The van der Waals surface area contributed by atoms with E-state index in [1.165, 1.54) is 6.07 Å². The molecule has 1 aromatic carbocycles. The molecule has 0 fully saturated rings. The lowest BCUT2D eigenvalue weighted by atomic mass is 10.3. The average Bonchev–Trinajstić information content (AvgIpc) is 2.30. The third kappa shape index (κ3) is 2.40. The predicted molar refractivity (Wildman–Crippen MR) is 75.8 cm³/mol. The van der Waals surface area contributed by atoms with Gasteiger partial charge >= 0.3 is 0 Å². The van der Waals surface area contributed by atoms with E-state index in [4.69, 9.17) is 0 Å². The van der Waals surface area contributed by atoms with E-state index in [1.807, 2.05) is 41.5 Å². The molecule has 1 aromatic rings. The van der Waals surface area contributed by atoms with Crippen LogP contribution in [0.3, 0.4) is 0 Å². The smallest absolute Gasteiger partial charge is 0.169 e. The molecule has 0 atom stereocenters. The van der Waals surface area contributed by atoms with E-state index in [2.05, 4.69) is 0 Å².